The Kier molecular flexibility index (Phi) is 5.79. The van der Waals surface area contributed by atoms with Gasteiger partial charge in [0, 0.05) is 5.57 Å². The highest BCUT2D eigenvalue weighted by Gasteiger charge is 2.10. The van der Waals surface area contributed by atoms with Crippen LogP contribution in [0, 0.1) is 0 Å². The van der Waals surface area contributed by atoms with E-state index >= 15 is 0 Å². The fraction of sp³-hybridized carbons (Fsp3) is 0.250. The summed E-state index contributed by atoms with van der Waals surface area (Å²) in [7, 11) is 0. The molecule has 3 nitrogen and oxygen atoms in total. The third-order valence-corrected chi connectivity index (χ3v) is 3.46. The lowest BCUT2D eigenvalue weighted by atomic mass is 10.2. The van der Waals surface area contributed by atoms with Gasteiger partial charge in [0.15, 0.2) is 0 Å². The molecule has 0 fully saturated rings. The Morgan fingerprint density at radius 2 is 1.94 bits per heavy atom. The number of halogens is 3. The minimum Gasteiger partial charge on any atom is -0.492 e. The zero-order valence-electron chi connectivity index (χ0n) is 9.38. The molecular weight excluding hydrogens is 298 g/mol. The molecule has 18 heavy (non-hydrogen) atoms. The molecule has 1 N–H and O–H groups in total. The first-order chi connectivity index (χ1) is 8.43. The Bertz CT molecular complexity index is 472. The highest BCUT2D eigenvalue weighted by molar-refractivity contribution is 6.48. The number of carboxylic acids is 1. The minimum absolute atomic E-state index is 0.152. The molecule has 0 radical (unpaired) electrons. The lowest BCUT2D eigenvalue weighted by Crippen LogP contribution is -2.03. The number of ether oxygens (including phenoxy) is 1. The van der Waals surface area contributed by atoms with Gasteiger partial charge in [-0.1, -0.05) is 41.4 Å². The summed E-state index contributed by atoms with van der Waals surface area (Å²) in [5.74, 6) is -0.574. The number of aliphatic carboxylic acids is 1. The maximum absolute atomic E-state index is 10.5. The van der Waals surface area contributed by atoms with Crippen molar-refractivity contribution in [3.8, 4) is 5.75 Å². The van der Waals surface area contributed by atoms with E-state index in [-0.39, 0.29) is 15.6 Å². The highest BCUT2D eigenvalue weighted by Crippen LogP contribution is 2.37. The highest BCUT2D eigenvalue weighted by atomic mass is 35.5. The van der Waals surface area contributed by atoms with Crippen molar-refractivity contribution >= 4 is 40.8 Å². The smallest absolute Gasteiger partial charge is 0.330 e. The van der Waals surface area contributed by atoms with Crippen LogP contribution in [-0.2, 0) is 4.79 Å². The van der Waals surface area contributed by atoms with E-state index in [1.165, 1.54) is 0 Å². The molecule has 0 aliphatic heterocycles. The molecule has 0 aliphatic carbocycles. The van der Waals surface area contributed by atoms with Gasteiger partial charge in [-0.3, -0.25) is 0 Å². The van der Waals surface area contributed by atoms with Crippen molar-refractivity contribution in [1.29, 1.82) is 0 Å². The van der Waals surface area contributed by atoms with Gasteiger partial charge in [0.25, 0.3) is 0 Å². The molecular formula is C12H11Cl3O3. The van der Waals surface area contributed by atoms with E-state index in [4.69, 9.17) is 44.6 Å². The standard InChI is InChI=1S/C12H11Cl3O3/c1-7(12(16)17)3-2-6-18-9-5-4-8(13)10(14)11(9)15/h4-5H,1-3,6H2,(H,16,17). The molecule has 1 rings (SSSR count). The number of benzene rings is 1. The van der Waals surface area contributed by atoms with Gasteiger partial charge >= 0.3 is 5.97 Å². The molecule has 0 spiro atoms. The van der Waals surface area contributed by atoms with Crippen LogP contribution >= 0.6 is 34.8 Å². The van der Waals surface area contributed by atoms with Crippen molar-refractivity contribution < 1.29 is 14.6 Å². The summed E-state index contributed by atoms with van der Waals surface area (Å²) < 4.78 is 5.39. The van der Waals surface area contributed by atoms with E-state index in [1.807, 2.05) is 0 Å². The van der Waals surface area contributed by atoms with Crippen LogP contribution in [0.3, 0.4) is 0 Å². The summed E-state index contributed by atoms with van der Waals surface area (Å²) in [6, 6.07) is 3.20. The predicted molar refractivity (Wildman–Crippen MR) is 73.0 cm³/mol. The first kappa shape index (κ1) is 15.2. The number of hydrogen-bond donors (Lipinski definition) is 1. The second-order valence-corrected chi connectivity index (χ2v) is 4.70. The maximum Gasteiger partial charge on any atom is 0.330 e. The van der Waals surface area contributed by atoms with Gasteiger partial charge in [-0.05, 0) is 25.0 Å². The average Bonchev–Trinajstić information content (AvgIpc) is 2.33. The molecule has 0 amide bonds. The van der Waals surface area contributed by atoms with Gasteiger partial charge in [-0.25, -0.2) is 4.79 Å². The quantitative estimate of drug-likeness (QED) is 0.480. The van der Waals surface area contributed by atoms with E-state index in [9.17, 15) is 4.79 Å². The van der Waals surface area contributed by atoms with E-state index in [0.717, 1.165) is 0 Å². The number of rotatable bonds is 6. The zero-order chi connectivity index (χ0) is 13.7. The first-order valence-corrected chi connectivity index (χ1v) is 6.24. The summed E-state index contributed by atoms with van der Waals surface area (Å²) >= 11 is 17.6. The predicted octanol–water partition coefficient (Wildman–Crippen LogP) is 4.45. The molecule has 98 valence electrons. The molecule has 0 atom stereocenters. The van der Waals surface area contributed by atoms with E-state index in [2.05, 4.69) is 6.58 Å². The van der Waals surface area contributed by atoms with Gasteiger partial charge in [0.2, 0.25) is 0 Å². The van der Waals surface area contributed by atoms with Crippen molar-refractivity contribution in [1.82, 2.24) is 0 Å². The fourth-order valence-corrected chi connectivity index (χ4v) is 1.78. The molecule has 0 unspecified atom stereocenters. The van der Waals surface area contributed by atoms with E-state index < -0.39 is 5.97 Å². The molecule has 1 aromatic rings. The van der Waals surface area contributed by atoms with Crippen LogP contribution in [0.4, 0.5) is 0 Å². The summed E-state index contributed by atoms with van der Waals surface area (Å²) in [5, 5.41) is 9.46. The number of carbonyl (C=O) groups is 1. The molecule has 0 saturated heterocycles. The van der Waals surface area contributed by atoms with Crippen molar-refractivity contribution in [2.75, 3.05) is 6.61 Å². The Hall–Kier alpha value is -0.900. The minimum atomic E-state index is -0.998. The zero-order valence-corrected chi connectivity index (χ0v) is 11.6. The summed E-state index contributed by atoms with van der Waals surface area (Å²) in [6.45, 7) is 3.75. The van der Waals surface area contributed by atoms with Crippen LogP contribution < -0.4 is 4.74 Å². The Balaban J connectivity index is 2.48. The topological polar surface area (TPSA) is 46.5 Å². The SMILES string of the molecule is C=C(CCCOc1ccc(Cl)c(Cl)c1Cl)C(=O)O. The summed E-state index contributed by atoms with van der Waals surface area (Å²) in [6.07, 6.45) is 0.885. The third kappa shape index (κ3) is 4.09. The third-order valence-electron chi connectivity index (χ3n) is 2.18. The molecule has 0 aromatic heterocycles. The monoisotopic (exact) mass is 308 g/mol. The Morgan fingerprint density at radius 3 is 2.56 bits per heavy atom. The molecule has 0 heterocycles. The van der Waals surface area contributed by atoms with Crippen LogP contribution in [0.5, 0.6) is 5.75 Å². The van der Waals surface area contributed by atoms with Crippen molar-refractivity contribution in [3.63, 3.8) is 0 Å². The van der Waals surface area contributed by atoms with E-state index in [0.29, 0.717) is 30.2 Å². The Labute approximate surface area is 120 Å². The number of carboxylic acid groups (broad SMARTS) is 1. The number of hydrogen-bond acceptors (Lipinski definition) is 2. The summed E-state index contributed by atoms with van der Waals surface area (Å²) in [5.41, 5.74) is 0.152. The maximum atomic E-state index is 10.5. The van der Waals surface area contributed by atoms with Gasteiger partial charge in [0.05, 0.1) is 16.7 Å². The lowest BCUT2D eigenvalue weighted by Gasteiger charge is -2.09. The van der Waals surface area contributed by atoms with Crippen LogP contribution in [0.1, 0.15) is 12.8 Å². The lowest BCUT2D eigenvalue weighted by molar-refractivity contribution is -0.132. The van der Waals surface area contributed by atoms with Crippen LogP contribution in [0.25, 0.3) is 0 Å². The molecule has 1 aromatic carbocycles. The Morgan fingerprint density at radius 1 is 1.28 bits per heavy atom. The fourth-order valence-electron chi connectivity index (χ4n) is 1.19. The van der Waals surface area contributed by atoms with Gasteiger partial charge in [-0.15, -0.1) is 0 Å². The normalized spacial score (nSPS) is 10.2. The second kappa shape index (κ2) is 6.88. The largest absolute Gasteiger partial charge is 0.492 e. The van der Waals surface area contributed by atoms with Crippen LogP contribution in [-0.4, -0.2) is 17.7 Å². The van der Waals surface area contributed by atoms with Crippen molar-refractivity contribution in [2.24, 2.45) is 0 Å². The molecule has 0 aliphatic rings. The average molecular weight is 310 g/mol. The van der Waals surface area contributed by atoms with Gasteiger partial charge < -0.3 is 9.84 Å². The molecule has 0 bridgehead atoms. The van der Waals surface area contributed by atoms with Gasteiger partial charge in [0.1, 0.15) is 10.8 Å². The van der Waals surface area contributed by atoms with Crippen molar-refractivity contribution in [3.05, 3.63) is 39.4 Å². The van der Waals surface area contributed by atoms with Crippen LogP contribution in [0.2, 0.25) is 15.1 Å². The van der Waals surface area contributed by atoms with Crippen molar-refractivity contribution in [2.45, 2.75) is 12.8 Å². The van der Waals surface area contributed by atoms with E-state index in [1.54, 1.807) is 12.1 Å². The van der Waals surface area contributed by atoms with Gasteiger partial charge in [-0.2, -0.15) is 0 Å². The molecule has 6 heteroatoms. The van der Waals surface area contributed by atoms with Crippen LogP contribution in [0.15, 0.2) is 24.3 Å². The first-order valence-electron chi connectivity index (χ1n) is 5.11. The molecule has 0 saturated carbocycles. The second-order valence-electron chi connectivity index (χ2n) is 3.53. The summed E-state index contributed by atoms with van der Waals surface area (Å²) in [4.78, 5) is 10.5.